The molecule has 0 aromatic heterocycles. The van der Waals surface area contributed by atoms with Gasteiger partial charge < -0.3 is 0 Å². The van der Waals surface area contributed by atoms with E-state index in [1.54, 1.807) is 0 Å². The fourth-order valence-electron chi connectivity index (χ4n) is 1.28. The van der Waals surface area contributed by atoms with Crippen molar-refractivity contribution in [2.75, 3.05) is 0 Å². The third-order valence-electron chi connectivity index (χ3n) is 1.82. The van der Waals surface area contributed by atoms with Gasteiger partial charge in [-0.2, -0.15) is 5.26 Å². The number of hydrogen-bond donors (Lipinski definition) is 0. The van der Waals surface area contributed by atoms with Crippen LogP contribution in [-0.2, 0) is 6.42 Å². The molecule has 2 heteroatoms. The number of halogens is 1. The summed E-state index contributed by atoms with van der Waals surface area (Å²) in [5, 5.41) is 8.86. The lowest BCUT2D eigenvalue weighted by Gasteiger charge is -2.06. The molecule has 0 N–H and O–H groups in total. The summed E-state index contributed by atoms with van der Waals surface area (Å²) in [7, 11) is 0. The molecule has 0 aliphatic rings. The predicted molar refractivity (Wildman–Crippen MR) is 57.4 cm³/mol. The van der Waals surface area contributed by atoms with Crippen molar-refractivity contribution < 1.29 is 0 Å². The van der Waals surface area contributed by atoms with Crippen molar-refractivity contribution in [3.05, 3.63) is 33.8 Å². The van der Waals surface area contributed by atoms with E-state index in [0.717, 1.165) is 22.0 Å². The lowest BCUT2D eigenvalue weighted by Crippen LogP contribution is -1.97. The van der Waals surface area contributed by atoms with Gasteiger partial charge in [-0.05, 0) is 36.1 Å². The molecule has 1 rings (SSSR count). The second kappa shape index (κ2) is 4.43. The molecule has 0 spiro atoms. The minimum absolute atomic E-state index is 0.585. The van der Waals surface area contributed by atoms with E-state index in [9.17, 15) is 0 Å². The molecule has 0 radical (unpaired) electrons. The molecule has 0 saturated carbocycles. The first-order chi connectivity index (χ1) is 6.13. The zero-order chi connectivity index (χ0) is 9.84. The Balaban J connectivity index is 3.03. The zero-order valence-corrected chi connectivity index (χ0v) is 9.43. The highest BCUT2D eigenvalue weighted by atomic mass is 79.9. The zero-order valence-electron chi connectivity index (χ0n) is 7.84. The molecular formula is C11H12BrN. The molecule has 0 heterocycles. The van der Waals surface area contributed by atoms with Crippen LogP contribution in [0, 0.1) is 17.2 Å². The van der Waals surface area contributed by atoms with E-state index < -0.39 is 0 Å². The average Bonchev–Trinajstić information content (AvgIpc) is 2.03. The molecule has 68 valence electrons. The molecule has 0 saturated heterocycles. The number of hydrogen-bond acceptors (Lipinski definition) is 1. The third kappa shape index (κ3) is 2.86. The molecule has 1 aromatic carbocycles. The van der Waals surface area contributed by atoms with E-state index in [4.69, 9.17) is 5.26 Å². The number of nitrogens with zero attached hydrogens (tertiary/aromatic N) is 1. The molecule has 0 amide bonds. The second-order valence-electron chi connectivity index (χ2n) is 3.51. The van der Waals surface area contributed by atoms with Gasteiger partial charge in [-0.3, -0.25) is 0 Å². The Hall–Kier alpha value is -0.810. The Morgan fingerprint density at radius 1 is 1.46 bits per heavy atom. The average molecular weight is 238 g/mol. The molecule has 0 bridgehead atoms. The van der Waals surface area contributed by atoms with Crippen molar-refractivity contribution >= 4 is 15.9 Å². The van der Waals surface area contributed by atoms with Crippen LogP contribution in [0.3, 0.4) is 0 Å². The van der Waals surface area contributed by atoms with Crippen LogP contribution in [0.5, 0.6) is 0 Å². The molecule has 0 unspecified atom stereocenters. The first-order valence-electron chi connectivity index (χ1n) is 4.32. The quantitative estimate of drug-likeness (QED) is 0.773. The van der Waals surface area contributed by atoms with Gasteiger partial charge in [0.15, 0.2) is 0 Å². The van der Waals surface area contributed by atoms with E-state index in [0.29, 0.717) is 5.92 Å². The molecule has 1 aromatic rings. The molecular weight excluding hydrogens is 226 g/mol. The van der Waals surface area contributed by atoms with Crippen LogP contribution >= 0.6 is 15.9 Å². The Kier molecular flexibility index (Phi) is 3.50. The van der Waals surface area contributed by atoms with Crippen molar-refractivity contribution in [3.63, 3.8) is 0 Å². The van der Waals surface area contributed by atoms with E-state index in [-0.39, 0.29) is 0 Å². The first kappa shape index (κ1) is 10.3. The highest BCUT2D eigenvalue weighted by Crippen LogP contribution is 2.18. The fourth-order valence-corrected chi connectivity index (χ4v) is 1.69. The summed E-state index contributed by atoms with van der Waals surface area (Å²) in [5.74, 6) is 0.585. The minimum atomic E-state index is 0.585. The first-order valence-corrected chi connectivity index (χ1v) is 5.11. The SMILES string of the molecule is CC(C)Cc1cc(Br)ccc1C#N. The van der Waals surface area contributed by atoms with Crippen LogP contribution in [-0.4, -0.2) is 0 Å². The van der Waals surface area contributed by atoms with E-state index in [1.165, 1.54) is 0 Å². The van der Waals surface area contributed by atoms with Crippen molar-refractivity contribution in [2.24, 2.45) is 5.92 Å². The van der Waals surface area contributed by atoms with Crippen LogP contribution in [0.15, 0.2) is 22.7 Å². The molecule has 0 atom stereocenters. The largest absolute Gasteiger partial charge is 0.192 e. The van der Waals surface area contributed by atoms with Crippen molar-refractivity contribution in [1.82, 2.24) is 0 Å². The summed E-state index contributed by atoms with van der Waals surface area (Å²) in [6, 6.07) is 8.00. The summed E-state index contributed by atoms with van der Waals surface area (Å²) >= 11 is 3.41. The highest BCUT2D eigenvalue weighted by molar-refractivity contribution is 9.10. The van der Waals surface area contributed by atoms with E-state index in [1.807, 2.05) is 18.2 Å². The minimum Gasteiger partial charge on any atom is -0.192 e. The molecule has 1 nitrogen and oxygen atoms in total. The van der Waals surface area contributed by atoms with Gasteiger partial charge in [0.05, 0.1) is 11.6 Å². The smallest absolute Gasteiger partial charge is 0.0994 e. The Morgan fingerprint density at radius 3 is 2.69 bits per heavy atom. The van der Waals surface area contributed by atoms with Gasteiger partial charge in [0.25, 0.3) is 0 Å². The van der Waals surface area contributed by atoms with Crippen LogP contribution in [0.4, 0.5) is 0 Å². The summed E-state index contributed by atoms with van der Waals surface area (Å²) in [6.45, 7) is 4.31. The molecule has 13 heavy (non-hydrogen) atoms. The fraction of sp³-hybridized carbons (Fsp3) is 0.364. The maximum absolute atomic E-state index is 8.86. The van der Waals surface area contributed by atoms with Gasteiger partial charge in [0, 0.05) is 4.47 Å². The third-order valence-corrected chi connectivity index (χ3v) is 2.31. The van der Waals surface area contributed by atoms with Crippen molar-refractivity contribution in [3.8, 4) is 6.07 Å². The van der Waals surface area contributed by atoms with Gasteiger partial charge in [-0.25, -0.2) is 0 Å². The van der Waals surface area contributed by atoms with Crippen LogP contribution < -0.4 is 0 Å². The standard InChI is InChI=1S/C11H12BrN/c1-8(2)5-10-6-11(12)4-3-9(10)7-13/h3-4,6,8H,5H2,1-2H3. The molecule has 0 aliphatic carbocycles. The van der Waals surface area contributed by atoms with Crippen LogP contribution in [0.2, 0.25) is 0 Å². The second-order valence-corrected chi connectivity index (χ2v) is 4.43. The van der Waals surface area contributed by atoms with Gasteiger partial charge >= 0.3 is 0 Å². The summed E-state index contributed by atoms with van der Waals surface area (Å²) in [4.78, 5) is 0. The van der Waals surface area contributed by atoms with Crippen LogP contribution in [0.25, 0.3) is 0 Å². The van der Waals surface area contributed by atoms with Gasteiger partial charge in [-0.15, -0.1) is 0 Å². The molecule has 0 aliphatic heterocycles. The summed E-state index contributed by atoms with van der Waals surface area (Å²) in [6.07, 6.45) is 0.961. The van der Waals surface area contributed by atoms with Crippen molar-refractivity contribution in [2.45, 2.75) is 20.3 Å². The van der Waals surface area contributed by atoms with E-state index >= 15 is 0 Å². The Labute approximate surface area is 87.5 Å². The van der Waals surface area contributed by atoms with Crippen LogP contribution in [0.1, 0.15) is 25.0 Å². The number of rotatable bonds is 2. The highest BCUT2D eigenvalue weighted by Gasteiger charge is 2.04. The van der Waals surface area contributed by atoms with Crippen molar-refractivity contribution in [1.29, 1.82) is 5.26 Å². The maximum atomic E-state index is 8.86. The monoisotopic (exact) mass is 237 g/mol. The maximum Gasteiger partial charge on any atom is 0.0994 e. The number of nitriles is 1. The van der Waals surface area contributed by atoms with Gasteiger partial charge in [0.1, 0.15) is 0 Å². The van der Waals surface area contributed by atoms with E-state index in [2.05, 4.69) is 35.8 Å². The molecule has 0 fully saturated rings. The Morgan fingerprint density at radius 2 is 2.15 bits per heavy atom. The number of benzene rings is 1. The normalized spacial score (nSPS) is 10.1. The van der Waals surface area contributed by atoms with Gasteiger partial charge in [-0.1, -0.05) is 29.8 Å². The summed E-state index contributed by atoms with van der Waals surface area (Å²) in [5.41, 5.74) is 1.92. The topological polar surface area (TPSA) is 23.8 Å². The lowest BCUT2D eigenvalue weighted by molar-refractivity contribution is 0.646. The lowest BCUT2D eigenvalue weighted by atomic mass is 9.99. The summed E-state index contributed by atoms with van der Waals surface area (Å²) < 4.78 is 1.04. The Bertz CT molecular complexity index is 336. The predicted octanol–water partition coefficient (Wildman–Crippen LogP) is 3.52. The van der Waals surface area contributed by atoms with Gasteiger partial charge in [0.2, 0.25) is 0 Å².